The number of carbonyl (C=O) groups excluding carboxylic acids is 2. The number of nitrogens with zero attached hydrogens (tertiary/aromatic N) is 3. The molecule has 5 rings (SSSR count). The number of rotatable bonds is 5. The molecule has 2 aliphatic rings. The molecule has 37 heavy (non-hydrogen) atoms. The molecule has 1 aromatic heterocycles. The second-order valence-electron chi connectivity index (χ2n) is 9.50. The van der Waals surface area contributed by atoms with Crippen molar-refractivity contribution in [3.8, 4) is 11.1 Å². The van der Waals surface area contributed by atoms with Gasteiger partial charge in [-0.3, -0.25) is 19.2 Å². The van der Waals surface area contributed by atoms with Gasteiger partial charge in [0.05, 0.1) is 46.2 Å². The Bertz CT molecular complexity index is 1330. The van der Waals surface area contributed by atoms with Crippen molar-refractivity contribution in [3.05, 3.63) is 63.9 Å². The highest BCUT2D eigenvalue weighted by atomic mass is 35.5. The Morgan fingerprint density at radius 1 is 1.03 bits per heavy atom. The van der Waals surface area contributed by atoms with Crippen molar-refractivity contribution in [3.63, 3.8) is 0 Å². The maximum absolute atomic E-state index is 13.2. The van der Waals surface area contributed by atoms with Crippen molar-refractivity contribution >= 4 is 46.5 Å². The van der Waals surface area contributed by atoms with E-state index in [2.05, 4.69) is 15.3 Å². The van der Waals surface area contributed by atoms with Gasteiger partial charge in [-0.25, -0.2) is 0 Å². The van der Waals surface area contributed by atoms with E-state index < -0.39 is 0 Å². The highest BCUT2D eigenvalue weighted by Crippen LogP contribution is 2.39. The van der Waals surface area contributed by atoms with Gasteiger partial charge in [0, 0.05) is 17.7 Å². The molecule has 1 amide bonds. The average Bonchev–Trinajstić information content (AvgIpc) is 3.36. The number of hydrogen-bond donors (Lipinski definition) is 2. The van der Waals surface area contributed by atoms with Gasteiger partial charge in [0.15, 0.2) is 5.69 Å². The number of amides is 1. The quantitative estimate of drug-likeness (QED) is 0.330. The second-order valence-corrected chi connectivity index (χ2v) is 10.3. The van der Waals surface area contributed by atoms with Crippen LogP contribution in [0.5, 0.6) is 0 Å². The highest BCUT2D eigenvalue weighted by Gasteiger charge is 2.33. The van der Waals surface area contributed by atoms with Gasteiger partial charge in [-0.05, 0) is 57.0 Å². The molecule has 1 atom stereocenters. The number of aromatic nitrogens is 2. The van der Waals surface area contributed by atoms with Gasteiger partial charge < -0.3 is 15.8 Å². The van der Waals surface area contributed by atoms with E-state index in [0.717, 1.165) is 51.0 Å². The number of anilines is 2. The van der Waals surface area contributed by atoms with Crippen molar-refractivity contribution < 1.29 is 14.3 Å². The van der Waals surface area contributed by atoms with Gasteiger partial charge in [-0.15, -0.1) is 0 Å². The van der Waals surface area contributed by atoms with Crippen LogP contribution in [-0.4, -0.2) is 46.8 Å². The highest BCUT2D eigenvalue weighted by molar-refractivity contribution is 6.39. The Hall–Kier alpha value is -3.07. The van der Waals surface area contributed by atoms with Gasteiger partial charge in [-0.1, -0.05) is 47.5 Å². The van der Waals surface area contributed by atoms with Crippen molar-refractivity contribution in [1.29, 1.82) is 0 Å². The van der Waals surface area contributed by atoms with E-state index in [1.165, 1.54) is 7.11 Å². The Labute approximate surface area is 225 Å². The number of esters is 1. The van der Waals surface area contributed by atoms with E-state index in [0.29, 0.717) is 38.2 Å². The molecule has 0 radical (unpaired) electrons. The third-order valence-electron chi connectivity index (χ3n) is 7.30. The van der Waals surface area contributed by atoms with Crippen LogP contribution in [0.1, 0.15) is 47.9 Å². The summed E-state index contributed by atoms with van der Waals surface area (Å²) in [5.74, 6) is -0.505. The first-order chi connectivity index (χ1) is 17.9. The fourth-order valence-electron chi connectivity index (χ4n) is 5.34. The molecule has 0 bridgehead atoms. The van der Waals surface area contributed by atoms with Crippen molar-refractivity contribution in [1.82, 2.24) is 14.7 Å². The number of nitrogens with one attached hydrogen (secondary N) is 1. The fraction of sp³-hybridized carbons (Fsp3) is 0.370. The Balaban J connectivity index is 1.34. The number of ether oxygens (including phenoxy) is 1. The smallest absolute Gasteiger partial charge is 0.308 e. The summed E-state index contributed by atoms with van der Waals surface area (Å²) in [5, 5.41) is 8.31. The topological polar surface area (TPSA) is 102 Å². The van der Waals surface area contributed by atoms with E-state index in [1.54, 1.807) is 12.1 Å². The van der Waals surface area contributed by atoms with E-state index in [9.17, 15) is 9.59 Å². The number of methoxy groups -OCH3 is 1. The maximum atomic E-state index is 13.2. The van der Waals surface area contributed by atoms with Crippen molar-refractivity contribution in [2.75, 3.05) is 31.2 Å². The van der Waals surface area contributed by atoms with Gasteiger partial charge >= 0.3 is 5.97 Å². The number of halogens is 2. The van der Waals surface area contributed by atoms with E-state index in [4.69, 9.17) is 33.7 Å². The summed E-state index contributed by atoms with van der Waals surface area (Å²) in [6, 6.07) is 12.8. The normalized spacial score (nSPS) is 18.3. The summed E-state index contributed by atoms with van der Waals surface area (Å²) in [5.41, 5.74) is 9.63. The Kier molecular flexibility index (Phi) is 7.42. The molecule has 0 aliphatic carbocycles. The molecule has 0 saturated carbocycles. The van der Waals surface area contributed by atoms with Crippen molar-refractivity contribution in [2.24, 2.45) is 5.92 Å². The number of aryl methyl sites for hydroxylation is 1. The number of hydrogen-bond acceptors (Lipinski definition) is 6. The lowest BCUT2D eigenvalue weighted by atomic mass is 9.93. The van der Waals surface area contributed by atoms with Crippen LogP contribution in [0.4, 0.5) is 11.4 Å². The molecule has 2 aliphatic heterocycles. The molecular weight excluding hydrogens is 513 g/mol. The first-order valence-electron chi connectivity index (χ1n) is 12.4. The third kappa shape index (κ3) is 5.06. The number of carbonyl (C=O) groups is 2. The average molecular weight is 542 g/mol. The molecule has 3 aromatic rings. The first-order valence-corrected chi connectivity index (χ1v) is 13.2. The minimum absolute atomic E-state index is 0.0428. The standard InChI is InChI=1S/C27H29Cl2N5O3/c1-37-27(36)16-10-13-33(14-11-16)22-9-4-12-34-23(22)15-21(32-34)26(35)31-20-8-3-6-18(25(20)29)17-5-2-7-19(30)24(17)28/h2-3,5-8,15-16,22H,4,9-14,30H2,1H3,(H,31,35)/t22-/m1/s1. The zero-order valence-electron chi connectivity index (χ0n) is 20.5. The molecule has 0 spiro atoms. The van der Waals surface area contributed by atoms with Gasteiger partial charge in [0.1, 0.15) is 0 Å². The van der Waals surface area contributed by atoms with Crippen LogP contribution in [0, 0.1) is 5.92 Å². The predicted molar refractivity (Wildman–Crippen MR) is 145 cm³/mol. The van der Waals surface area contributed by atoms with E-state index in [1.807, 2.05) is 35.0 Å². The van der Waals surface area contributed by atoms with Crippen LogP contribution in [0.2, 0.25) is 10.0 Å². The second kappa shape index (κ2) is 10.7. The van der Waals surface area contributed by atoms with Crippen molar-refractivity contribution in [2.45, 2.75) is 38.3 Å². The summed E-state index contributed by atoms with van der Waals surface area (Å²) in [7, 11) is 1.44. The van der Waals surface area contributed by atoms with Gasteiger partial charge in [0.25, 0.3) is 5.91 Å². The zero-order valence-corrected chi connectivity index (χ0v) is 22.1. The third-order valence-corrected chi connectivity index (χ3v) is 8.13. The zero-order chi connectivity index (χ0) is 26.1. The molecule has 0 unspecified atom stereocenters. The maximum Gasteiger partial charge on any atom is 0.308 e. The number of likely N-dealkylation sites (tertiary alicyclic amines) is 1. The van der Waals surface area contributed by atoms with Crippen LogP contribution in [0.3, 0.4) is 0 Å². The van der Waals surface area contributed by atoms with Crippen LogP contribution < -0.4 is 11.1 Å². The van der Waals surface area contributed by atoms with Crippen LogP contribution in [0.25, 0.3) is 11.1 Å². The van der Waals surface area contributed by atoms with Crippen LogP contribution >= 0.6 is 23.2 Å². The summed E-state index contributed by atoms with van der Waals surface area (Å²) < 4.78 is 6.85. The number of benzene rings is 2. The molecule has 2 aromatic carbocycles. The lowest BCUT2D eigenvalue weighted by molar-refractivity contribution is -0.147. The summed E-state index contributed by atoms with van der Waals surface area (Å²) in [6.45, 7) is 2.39. The number of nitrogen functional groups attached to an aromatic ring is 1. The molecule has 3 N–H and O–H groups in total. The van der Waals surface area contributed by atoms with Gasteiger partial charge in [-0.2, -0.15) is 5.10 Å². The minimum Gasteiger partial charge on any atom is -0.469 e. The largest absolute Gasteiger partial charge is 0.469 e. The molecule has 3 heterocycles. The van der Waals surface area contributed by atoms with E-state index >= 15 is 0 Å². The van der Waals surface area contributed by atoms with E-state index in [-0.39, 0.29) is 23.8 Å². The lowest BCUT2D eigenvalue weighted by Gasteiger charge is -2.38. The summed E-state index contributed by atoms with van der Waals surface area (Å²) in [4.78, 5) is 27.5. The SMILES string of the molecule is COC(=O)C1CCN([C@@H]2CCCn3nc(C(=O)Nc4cccc(-c5cccc(N)c5Cl)c4Cl)cc32)CC1. The number of fused-ring (bicyclic) bond motifs is 1. The summed E-state index contributed by atoms with van der Waals surface area (Å²) >= 11 is 13.1. The first kappa shape index (κ1) is 25.6. The molecule has 10 heteroatoms. The predicted octanol–water partition coefficient (Wildman–Crippen LogP) is 5.41. The number of nitrogens with two attached hydrogens (primary N) is 1. The minimum atomic E-state index is -0.331. The van der Waals surface area contributed by atoms with Gasteiger partial charge in [0.2, 0.25) is 0 Å². The fourth-order valence-corrected chi connectivity index (χ4v) is 5.84. The molecule has 194 valence electrons. The molecule has 8 nitrogen and oxygen atoms in total. The lowest BCUT2D eigenvalue weighted by Crippen LogP contribution is -2.40. The molecular formula is C27H29Cl2N5O3. The van der Waals surface area contributed by atoms with Crippen LogP contribution in [-0.2, 0) is 16.1 Å². The Morgan fingerprint density at radius 2 is 1.73 bits per heavy atom. The van der Waals surface area contributed by atoms with Crippen LogP contribution in [0.15, 0.2) is 42.5 Å². The number of piperidine rings is 1. The Morgan fingerprint density at radius 3 is 2.46 bits per heavy atom. The molecule has 1 fully saturated rings. The summed E-state index contributed by atoms with van der Waals surface area (Å²) in [6.07, 6.45) is 3.52. The monoisotopic (exact) mass is 541 g/mol. The molecule has 1 saturated heterocycles.